The number of rotatable bonds is 5. The van der Waals surface area contributed by atoms with Crippen molar-refractivity contribution in [3.8, 4) is 0 Å². The summed E-state index contributed by atoms with van der Waals surface area (Å²) in [5.74, 6) is 0.964. The molecule has 0 aromatic heterocycles. The molecule has 0 spiro atoms. The summed E-state index contributed by atoms with van der Waals surface area (Å²) < 4.78 is 0. The SMILES string of the molecule is CCN1CCCC(CCC2(CC)CCCCN2)C1. The van der Waals surface area contributed by atoms with Crippen LogP contribution in [0.1, 0.15) is 65.2 Å². The molecular weight excluding hydrogens is 220 g/mol. The monoisotopic (exact) mass is 252 g/mol. The van der Waals surface area contributed by atoms with Gasteiger partial charge in [-0.25, -0.2) is 0 Å². The Bertz CT molecular complexity index is 233. The Hall–Kier alpha value is -0.0800. The van der Waals surface area contributed by atoms with Crippen molar-refractivity contribution in [3.05, 3.63) is 0 Å². The van der Waals surface area contributed by atoms with E-state index in [1.807, 2.05) is 0 Å². The number of hydrogen-bond donors (Lipinski definition) is 1. The molecule has 2 heterocycles. The van der Waals surface area contributed by atoms with E-state index in [1.165, 1.54) is 77.5 Å². The van der Waals surface area contributed by atoms with Crippen molar-refractivity contribution < 1.29 is 0 Å². The van der Waals surface area contributed by atoms with Crippen molar-refractivity contribution in [2.24, 2.45) is 5.92 Å². The van der Waals surface area contributed by atoms with Gasteiger partial charge in [0, 0.05) is 12.1 Å². The van der Waals surface area contributed by atoms with Gasteiger partial charge < -0.3 is 10.2 Å². The van der Waals surface area contributed by atoms with Crippen LogP contribution in [0.2, 0.25) is 0 Å². The zero-order valence-corrected chi connectivity index (χ0v) is 12.5. The predicted octanol–water partition coefficient (Wildman–Crippen LogP) is 3.42. The quantitative estimate of drug-likeness (QED) is 0.806. The van der Waals surface area contributed by atoms with E-state index in [4.69, 9.17) is 0 Å². The largest absolute Gasteiger partial charge is 0.311 e. The van der Waals surface area contributed by atoms with E-state index in [9.17, 15) is 0 Å². The summed E-state index contributed by atoms with van der Waals surface area (Å²) in [4.78, 5) is 2.64. The summed E-state index contributed by atoms with van der Waals surface area (Å²) in [6.45, 7) is 9.86. The van der Waals surface area contributed by atoms with Gasteiger partial charge in [-0.3, -0.25) is 0 Å². The molecule has 2 saturated heterocycles. The Morgan fingerprint density at radius 2 is 2.11 bits per heavy atom. The smallest absolute Gasteiger partial charge is 0.0179 e. The first-order valence-electron chi connectivity index (χ1n) is 8.25. The molecule has 2 unspecified atom stereocenters. The Labute approximate surface area is 114 Å². The van der Waals surface area contributed by atoms with Gasteiger partial charge in [0.2, 0.25) is 0 Å². The Morgan fingerprint density at radius 3 is 2.78 bits per heavy atom. The average molecular weight is 252 g/mol. The molecule has 0 radical (unpaired) electrons. The first kappa shape index (κ1) is 14.3. The molecule has 2 nitrogen and oxygen atoms in total. The summed E-state index contributed by atoms with van der Waals surface area (Å²) >= 11 is 0. The van der Waals surface area contributed by atoms with Gasteiger partial charge >= 0.3 is 0 Å². The Morgan fingerprint density at radius 1 is 1.22 bits per heavy atom. The molecule has 2 fully saturated rings. The third-order valence-corrected chi connectivity index (χ3v) is 5.34. The van der Waals surface area contributed by atoms with E-state index in [2.05, 4.69) is 24.1 Å². The molecule has 0 aliphatic carbocycles. The molecule has 1 N–H and O–H groups in total. The first-order chi connectivity index (χ1) is 8.78. The standard InChI is InChI=1S/C16H32N2/c1-3-16(10-5-6-12-17-16)11-9-15-8-7-13-18(4-2)14-15/h15,17H,3-14H2,1-2H3. The normalized spacial score (nSPS) is 34.7. The average Bonchev–Trinajstić information content (AvgIpc) is 2.46. The Balaban J connectivity index is 1.78. The van der Waals surface area contributed by atoms with Crippen LogP contribution in [-0.2, 0) is 0 Å². The molecule has 2 heteroatoms. The highest BCUT2D eigenvalue weighted by atomic mass is 15.1. The summed E-state index contributed by atoms with van der Waals surface area (Å²) in [6, 6.07) is 0. The van der Waals surface area contributed by atoms with E-state index in [-0.39, 0.29) is 0 Å². The maximum atomic E-state index is 3.83. The zero-order chi connectivity index (χ0) is 12.8. The predicted molar refractivity (Wildman–Crippen MR) is 78.9 cm³/mol. The fourth-order valence-electron chi connectivity index (χ4n) is 3.88. The van der Waals surface area contributed by atoms with Crippen LogP contribution in [0.25, 0.3) is 0 Å². The summed E-state index contributed by atoms with van der Waals surface area (Å²) in [5.41, 5.74) is 0.493. The van der Waals surface area contributed by atoms with Crippen LogP contribution < -0.4 is 5.32 Å². The van der Waals surface area contributed by atoms with Crippen molar-refractivity contribution in [1.29, 1.82) is 0 Å². The van der Waals surface area contributed by atoms with Gasteiger partial charge in [-0.05, 0) is 70.5 Å². The van der Waals surface area contributed by atoms with E-state index >= 15 is 0 Å². The van der Waals surface area contributed by atoms with Gasteiger partial charge in [-0.2, -0.15) is 0 Å². The Kier molecular flexibility index (Phi) is 5.50. The van der Waals surface area contributed by atoms with Crippen LogP contribution in [0.15, 0.2) is 0 Å². The molecule has 0 aromatic rings. The number of piperidine rings is 2. The van der Waals surface area contributed by atoms with Gasteiger partial charge in [0.25, 0.3) is 0 Å². The number of likely N-dealkylation sites (tertiary alicyclic amines) is 1. The van der Waals surface area contributed by atoms with Gasteiger partial charge in [0.1, 0.15) is 0 Å². The molecule has 106 valence electrons. The topological polar surface area (TPSA) is 15.3 Å². The first-order valence-corrected chi connectivity index (χ1v) is 8.25. The van der Waals surface area contributed by atoms with Crippen molar-refractivity contribution in [2.45, 2.75) is 70.8 Å². The summed E-state index contributed by atoms with van der Waals surface area (Å²) in [7, 11) is 0. The van der Waals surface area contributed by atoms with E-state index < -0.39 is 0 Å². The van der Waals surface area contributed by atoms with E-state index in [1.54, 1.807) is 0 Å². The fourth-order valence-corrected chi connectivity index (χ4v) is 3.88. The van der Waals surface area contributed by atoms with Crippen molar-refractivity contribution in [3.63, 3.8) is 0 Å². The third-order valence-electron chi connectivity index (χ3n) is 5.34. The van der Waals surface area contributed by atoms with Crippen LogP contribution in [0, 0.1) is 5.92 Å². The highest BCUT2D eigenvalue weighted by Crippen LogP contribution is 2.31. The molecule has 2 aliphatic rings. The fraction of sp³-hybridized carbons (Fsp3) is 1.00. The maximum absolute atomic E-state index is 3.83. The molecule has 2 atom stereocenters. The van der Waals surface area contributed by atoms with E-state index in [0.717, 1.165) is 5.92 Å². The molecule has 2 aliphatic heterocycles. The minimum absolute atomic E-state index is 0.493. The van der Waals surface area contributed by atoms with Gasteiger partial charge in [0.15, 0.2) is 0 Å². The second-order valence-electron chi connectivity index (χ2n) is 6.46. The summed E-state index contributed by atoms with van der Waals surface area (Å²) in [5, 5.41) is 3.83. The number of nitrogens with one attached hydrogen (secondary N) is 1. The minimum atomic E-state index is 0.493. The van der Waals surface area contributed by atoms with Gasteiger partial charge in [-0.1, -0.05) is 20.3 Å². The van der Waals surface area contributed by atoms with Gasteiger partial charge in [0.05, 0.1) is 0 Å². The van der Waals surface area contributed by atoms with E-state index in [0.29, 0.717) is 5.54 Å². The van der Waals surface area contributed by atoms with Crippen molar-refractivity contribution in [1.82, 2.24) is 10.2 Å². The highest BCUT2D eigenvalue weighted by Gasteiger charge is 2.30. The third kappa shape index (κ3) is 3.71. The molecule has 18 heavy (non-hydrogen) atoms. The highest BCUT2D eigenvalue weighted by molar-refractivity contribution is 4.90. The van der Waals surface area contributed by atoms with Crippen LogP contribution >= 0.6 is 0 Å². The van der Waals surface area contributed by atoms with Crippen molar-refractivity contribution in [2.75, 3.05) is 26.2 Å². The lowest BCUT2D eigenvalue weighted by Gasteiger charge is -2.40. The lowest BCUT2D eigenvalue weighted by Crippen LogP contribution is -2.48. The molecule has 2 rings (SSSR count). The van der Waals surface area contributed by atoms with Crippen LogP contribution in [0.3, 0.4) is 0 Å². The maximum Gasteiger partial charge on any atom is 0.0179 e. The second kappa shape index (κ2) is 6.91. The zero-order valence-electron chi connectivity index (χ0n) is 12.5. The second-order valence-corrected chi connectivity index (χ2v) is 6.46. The minimum Gasteiger partial charge on any atom is -0.311 e. The number of nitrogens with zero attached hydrogens (tertiary/aromatic N) is 1. The molecule has 0 aromatic carbocycles. The molecule has 0 bridgehead atoms. The van der Waals surface area contributed by atoms with Crippen LogP contribution in [-0.4, -0.2) is 36.6 Å². The van der Waals surface area contributed by atoms with Gasteiger partial charge in [-0.15, -0.1) is 0 Å². The van der Waals surface area contributed by atoms with Crippen molar-refractivity contribution >= 4 is 0 Å². The number of hydrogen-bond acceptors (Lipinski definition) is 2. The molecule has 0 amide bonds. The summed E-state index contributed by atoms with van der Waals surface area (Å²) in [6.07, 6.45) is 11.3. The molecule has 0 saturated carbocycles. The molecular formula is C16H32N2. The van der Waals surface area contributed by atoms with Crippen LogP contribution in [0.4, 0.5) is 0 Å². The lowest BCUT2D eigenvalue weighted by molar-refractivity contribution is 0.151. The van der Waals surface area contributed by atoms with Crippen LogP contribution in [0.5, 0.6) is 0 Å². The lowest BCUT2D eigenvalue weighted by atomic mass is 9.79.